The highest BCUT2D eigenvalue weighted by molar-refractivity contribution is 7.89. The van der Waals surface area contributed by atoms with Crippen LogP contribution in [0.25, 0.3) is 0 Å². The van der Waals surface area contributed by atoms with Gasteiger partial charge in [0.25, 0.3) is 0 Å². The molecule has 0 radical (unpaired) electrons. The van der Waals surface area contributed by atoms with Gasteiger partial charge in [-0.25, -0.2) is 16.8 Å². The molecule has 10 heteroatoms. The van der Waals surface area contributed by atoms with E-state index in [0.29, 0.717) is 25.9 Å². The van der Waals surface area contributed by atoms with Gasteiger partial charge in [0.2, 0.25) is 20.0 Å². The molecule has 1 aromatic rings. The minimum atomic E-state index is -3.94. The van der Waals surface area contributed by atoms with Gasteiger partial charge in [0, 0.05) is 19.6 Å². The number of ether oxygens (including phenoxy) is 1. The van der Waals surface area contributed by atoms with Crippen LogP contribution in [0, 0.1) is 0 Å². The van der Waals surface area contributed by atoms with Gasteiger partial charge in [0.1, 0.15) is 6.04 Å². The Balaban J connectivity index is 1.84. The van der Waals surface area contributed by atoms with Crippen LogP contribution in [-0.2, 0) is 29.6 Å². The molecule has 0 aliphatic carbocycles. The molecule has 1 aromatic carbocycles. The lowest BCUT2D eigenvalue weighted by atomic mass is 10.1. The van der Waals surface area contributed by atoms with Gasteiger partial charge in [-0.2, -0.15) is 8.61 Å². The average molecular weight is 445 g/mol. The highest BCUT2D eigenvalue weighted by Gasteiger charge is 2.38. The summed E-state index contributed by atoms with van der Waals surface area (Å²) in [5, 5.41) is 0. The summed E-state index contributed by atoms with van der Waals surface area (Å²) in [5.74, 6) is -0.542. The first-order valence-electron chi connectivity index (χ1n) is 10.1. The quantitative estimate of drug-likeness (QED) is 0.622. The number of benzene rings is 1. The third-order valence-electron chi connectivity index (χ3n) is 5.40. The molecule has 2 saturated heterocycles. The smallest absolute Gasteiger partial charge is 0.324 e. The third kappa shape index (κ3) is 4.65. The molecule has 2 heterocycles. The molecule has 1 unspecified atom stereocenters. The number of piperidine rings is 2. The number of carbonyl (C=O) groups is 1. The molecule has 0 aromatic heterocycles. The van der Waals surface area contributed by atoms with Gasteiger partial charge >= 0.3 is 5.97 Å². The number of hydrogen-bond donors (Lipinski definition) is 0. The lowest BCUT2D eigenvalue weighted by Gasteiger charge is -2.33. The molecule has 0 spiro atoms. The van der Waals surface area contributed by atoms with Crippen LogP contribution in [0.2, 0.25) is 0 Å². The lowest BCUT2D eigenvalue weighted by Crippen LogP contribution is -2.48. The monoisotopic (exact) mass is 444 g/mol. The van der Waals surface area contributed by atoms with E-state index in [0.717, 1.165) is 25.7 Å². The SMILES string of the molecule is CCOC(=O)C1CCCCN1S(=O)(=O)c1ccc(S(=O)(=O)N2CCCCC2)cc1. The van der Waals surface area contributed by atoms with Crippen molar-refractivity contribution in [3.8, 4) is 0 Å². The zero-order valence-corrected chi connectivity index (χ0v) is 18.3. The maximum atomic E-state index is 13.1. The Hall–Kier alpha value is -1.49. The van der Waals surface area contributed by atoms with E-state index in [-0.39, 0.29) is 22.9 Å². The van der Waals surface area contributed by atoms with Crippen LogP contribution in [0.4, 0.5) is 0 Å². The summed E-state index contributed by atoms with van der Waals surface area (Å²) in [6, 6.07) is 4.44. The molecule has 0 saturated carbocycles. The van der Waals surface area contributed by atoms with E-state index in [4.69, 9.17) is 4.74 Å². The predicted octanol–water partition coefficient (Wildman–Crippen LogP) is 1.97. The number of rotatable bonds is 6. The van der Waals surface area contributed by atoms with Crippen molar-refractivity contribution in [3.63, 3.8) is 0 Å². The summed E-state index contributed by atoms with van der Waals surface area (Å²) in [6.07, 6.45) is 4.50. The van der Waals surface area contributed by atoms with Gasteiger partial charge in [-0.3, -0.25) is 4.79 Å². The fourth-order valence-electron chi connectivity index (χ4n) is 3.84. The Morgan fingerprint density at radius 2 is 1.45 bits per heavy atom. The summed E-state index contributed by atoms with van der Waals surface area (Å²) >= 11 is 0. The van der Waals surface area contributed by atoms with Crippen molar-refractivity contribution in [3.05, 3.63) is 24.3 Å². The molecule has 29 heavy (non-hydrogen) atoms. The summed E-state index contributed by atoms with van der Waals surface area (Å²) in [7, 11) is -7.57. The summed E-state index contributed by atoms with van der Waals surface area (Å²) < 4.78 is 59.5. The van der Waals surface area contributed by atoms with Crippen molar-refractivity contribution in [2.75, 3.05) is 26.2 Å². The number of hydrogen-bond acceptors (Lipinski definition) is 6. The molecule has 3 rings (SSSR count). The van der Waals surface area contributed by atoms with Crippen molar-refractivity contribution in [2.45, 2.75) is 61.3 Å². The molecule has 0 N–H and O–H groups in total. The minimum absolute atomic E-state index is 0.0220. The van der Waals surface area contributed by atoms with Gasteiger partial charge in [0.15, 0.2) is 0 Å². The maximum Gasteiger partial charge on any atom is 0.324 e. The summed E-state index contributed by atoms with van der Waals surface area (Å²) in [4.78, 5) is 12.3. The van der Waals surface area contributed by atoms with Crippen molar-refractivity contribution < 1.29 is 26.4 Å². The predicted molar refractivity (Wildman–Crippen MR) is 107 cm³/mol. The summed E-state index contributed by atoms with van der Waals surface area (Å²) in [6.45, 7) is 3.07. The van der Waals surface area contributed by atoms with E-state index in [9.17, 15) is 21.6 Å². The molecule has 0 bridgehead atoms. The van der Waals surface area contributed by atoms with Crippen LogP contribution in [-0.4, -0.2) is 63.7 Å². The number of carbonyl (C=O) groups excluding carboxylic acids is 1. The molecule has 2 fully saturated rings. The summed E-state index contributed by atoms with van der Waals surface area (Å²) in [5.41, 5.74) is 0. The second-order valence-corrected chi connectivity index (χ2v) is 11.1. The van der Waals surface area contributed by atoms with Crippen LogP contribution < -0.4 is 0 Å². The van der Waals surface area contributed by atoms with E-state index >= 15 is 0 Å². The second-order valence-electron chi connectivity index (χ2n) is 7.32. The van der Waals surface area contributed by atoms with Gasteiger partial charge in [-0.1, -0.05) is 6.42 Å². The topological polar surface area (TPSA) is 101 Å². The molecule has 8 nitrogen and oxygen atoms in total. The minimum Gasteiger partial charge on any atom is -0.465 e. The fraction of sp³-hybridized carbons (Fsp3) is 0.632. The van der Waals surface area contributed by atoms with Crippen LogP contribution >= 0.6 is 0 Å². The van der Waals surface area contributed by atoms with Crippen LogP contribution in [0.3, 0.4) is 0 Å². The normalized spacial score (nSPS) is 22.3. The fourth-order valence-corrected chi connectivity index (χ4v) is 7.00. The highest BCUT2D eigenvalue weighted by Crippen LogP contribution is 2.28. The zero-order chi connectivity index (χ0) is 21.1. The highest BCUT2D eigenvalue weighted by atomic mass is 32.2. The average Bonchev–Trinajstić information content (AvgIpc) is 2.74. The van der Waals surface area contributed by atoms with Crippen LogP contribution in [0.5, 0.6) is 0 Å². The zero-order valence-electron chi connectivity index (χ0n) is 16.6. The lowest BCUT2D eigenvalue weighted by molar-refractivity contribution is -0.148. The van der Waals surface area contributed by atoms with E-state index in [2.05, 4.69) is 0 Å². The van der Waals surface area contributed by atoms with Crippen molar-refractivity contribution in [1.82, 2.24) is 8.61 Å². The van der Waals surface area contributed by atoms with E-state index < -0.39 is 32.1 Å². The van der Waals surface area contributed by atoms with E-state index in [1.165, 1.54) is 32.9 Å². The molecular weight excluding hydrogens is 416 g/mol. The largest absolute Gasteiger partial charge is 0.465 e. The first-order chi connectivity index (χ1) is 13.8. The Bertz CT molecular complexity index is 922. The van der Waals surface area contributed by atoms with Crippen molar-refractivity contribution in [1.29, 1.82) is 0 Å². The van der Waals surface area contributed by atoms with E-state index in [1.807, 2.05) is 0 Å². The molecule has 2 aliphatic heterocycles. The first kappa shape index (κ1) is 22.2. The van der Waals surface area contributed by atoms with Gasteiger partial charge in [0.05, 0.1) is 16.4 Å². The second kappa shape index (κ2) is 9.11. The Labute approximate surface area is 172 Å². The standard InChI is InChI=1S/C19H28N2O6S2/c1-2-27-19(22)18-8-4-7-15-21(18)29(25,26)17-11-9-16(10-12-17)28(23,24)20-13-5-3-6-14-20/h9-12,18H,2-8,13-15H2,1H3. The van der Waals surface area contributed by atoms with Gasteiger partial charge in [-0.15, -0.1) is 0 Å². The van der Waals surface area contributed by atoms with Crippen molar-refractivity contribution >= 4 is 26.0 Å². The van der Waals surface area contributed by atoms with E-state index in [1.54, 1.807) is 6.92 Å². The Morgan fingerprint density at radius 3 is 2.03 bits per heavy atom. The number of esters is 1. The van der Waals surface area contributed by atoms with Gasteiger partial charge < -0.3 is 4.74 Å². The van der Waals surface area contributed by atoms with Crippen LogP contribution in [0.15, 0.2) is 34.1 Å². The molecule has 0 amide bonds. The number of nitrogens with zero attached hydrogens (tertiary/aromatic N) is 2. The first-order valence-corrected chi connectivity index (χ1v) is 12.9. The van der Waals surface area contributed by atoms with Crippen LogP contribution in [0.1, 0.15) is 45.4 Å². The van der Waals surface area contributed by atoms with Crippen molar-refractivity contribution in [2.24, 2.45) is 0 Å². The molecule has 1 atom stereocenters. The third-order valence-corrected chi connectivity index (χ3v) is 9.23. The maximum absolute atomic E-state index is 13.1. The van der Waals surface area contributed by atoms with Gasteiger partial charge in [-0.05, 0) is 63.3 Å². The molecular formula is C19H28N2O6S2. The number of sulfonamides is 2. The Kier molecular flexibility index (Phi) is 6.98. The molecule has 162 valence electrons. The Morgan fingerprint density at radius 1 is 0.897 bits per heavy atom. The molecule has 2 aliphatic rings.